The van der Waals surface area contributed by atoms with E-state index in [0.29, 0.717) is 6.54 Å². The summed E-state index contributed by atoms with van der Waals surface area (Å²) >= 11 is 0. The van der Waals surface area contributed by atoms with Gasteiger partial charge in [0, 0.05) is 32.1 Å². The molecule has 2 aromatic heterocycles. The molecule has 0 saturated heterocycles. The zero-order chi connectivity index (χ0) is 16.6. The highest BCUT2D eigenvalue weighted by molar-refractivity contribution is 5.79. The largest absolute Gasteiger partial charge is 0.469 e. The van der Waals surface area contributed by atoms with E-state index in [2.05, 4.69) is 42.9 Å². The highest BCUT2D eigenvalue weighted by atomic mass is 16.3. The summed E-state index contributed by atoms with van der Waals surface area (Å²) in [7, 11) is 1.76. The molecule has 0 unspecified atom stereocenters. The zero-order valence-corrected chi connectivity index (χ0v) is 13.5. The van der Waals surface area contributed by atoms with Gasteiger partial charge in [0.2, 0.25) is 0 Å². The van der Waals surface area contributed by atoms with Crippen LogP contribution in [0, 0.1) is 0 Å². The number of aromatic nitrogens is 3. The third kappa shape index (κ3) is 4.22. The molecule has 3 N–H and O–H groups in total. The van der Waals surface area contributed by atoms with Crippen LogP contribution in [-0.4, -0.2) is 34.7 Å². The first-order valence-corrected chi connectivity index (χ1v) is 7.77. The first-order chi connectivity index (χ1) is 11.8. The SMILES string of the molecule is CN=C(NCCc1ccco1)NCc1cccc(-c2ncn[nH]2)c1. The number of nitrogens with one attached hydrogen (secondary N) is 3. The summed E-state index contributed by atoms with van der Waals surface area (Å²) in [6, 6.07) is 12.0. The molecule has 1 aromatic carbocycles. The lowest BCUT2D eigenvalue weighted by molar-refractivity contribution is 0.507. The van der Waals surface area contributed by atoms with Crippen LogP contribution in [0.25, 0.3) is 11.4 Å². The van der Waals surface area contributed by atoms with Crippen molar-refractivity contribution in [1.29, 1.82) is 0 Å². The van der Waals surface area contributed by atoms with Gasteiger partial charge < -0.3 is 15.1 Å². The van der Waals surface area contributed by atoms with Gasteiger partial charge in [-0.05, 0) is 23.8 Å². The topological polar surface area (TPSA) is 91.1 Å². The summed E-state index contributed by atoms with van der Waals surface area (Å²) in [6.45, 7) is 1.42. The molecule has 7 nitrogen and oxygen atoms in total. The molecule has 124 valence electrons. The lowest BCUT2D eigenvalue weighted by Gasteiger charge is -2.12. The van der Waals surface area contributed by atoms with Crippen molar-refractivity contribution in [1.82, 2.24) is 25.8 Å². The lowest BCUT2D eigenvalue weighted by Crippen LogP contribution is -2.37. The fourth-order valence-corrected chi connectivity index (χ4v) is 2.34. The molecule has 3 rings (SSSR count). The Balaban J connectivity index is 1.51. The van der Waals surface area contributed by atoms with Crippen LogP contribution >= 0.6 is 0 Å². The molecule has 0 aliphatic heterocycles. The Morgan fingerprint density at radius 1 is 1.25 bits per heavy atom. The van der Waals surface area contributed by atoms with Crippen LogP contribution in [-0.2, 0) is 13.0 Å². The first kappa shape index (κ1) is 15.8. The number of nitrogens with zero attached hydrogens (tertiary/aromatic N) is 3. The van der Waals surface area contributed by atoms with Crippen molar-refractivity contribution in [3.8, 4) is 11.4 Å². The Morgan fingerprint density at radius 3 is 2.96 bits per heavy atom. The standard InChI is InChI=1S/C17H20N6O/c1-18-17(19-8-7-15-6-3-9-24-15)20-11-13-4-2-5-14(10-13)16-21-12-22-23-16/h2-6,9-10,12H,7-8,11H2,1H3,(H2,18,19,20)(H,21,22,23). The Morgan fingerprint density at radius 2 is 2.21 bits per heavy atom. The van der Waals surface area contributed by atoms with E-state index in [1.165, 1.54) is 6.33 Å². The number of aromatic amines is 1. The average Bonchev–Trinajstić information content (AvgIpc) is 3.31. The minimum absolute atomic E-state index is 0.669. The maximum absolute atomic E-state index is 5.31. The van der Waals surface area contributed by atoms with Crippen LogP contribution < -0.4 is 10.6 Å². The molecule has 0 radical (unpaired) electrons. The van der Waals surface area contributed by atoms with Gasteiger partial charge in [0.15, 0.2) is 11.8 Å². The summed E-state index contributed by atoms with van der Waals surface area (Å²) in [5.74, 6) is 2.47. The molecule has 0 aliphatic rings. The van der Waals surface area contributed by atoms with Gasteiger partial charge in [-0.15, -0.1) is 0 Å². The highest BCUT2D eigenvalue weighted by Crippen LogP contribution is 2.15. The number of furan rings is 1. The van der Waals surface area contributed by atoms with Crippen molar-refractivity contribution < 1.29 is 4.42 Å². The Labute approximate surface area is 140 Å². The van der Waals surface area contributed by atoms with Crippen molar-refractivity contribution in [2.24, 2.45) is 4.99 Å². The van der Waals surface area contributed by atoms with Crippen molar-refractivity contribution in [3.63, 3.8) is 0 Å². The smallest absolute Gasteiger partial charge is 0.191 e. The monoisotopic (exact) mass is 324 g/mol. The van der Waals surface area contributed by atoms with E-state index in [0.717, 1.165) is 41.6 Å². The van der Waals surface area contributed by atoms with Gasteiger partial charge in [-0.2, -0.15) is 5.10 Å². The predicted octanol–water partition coefficient (Wildman–Crippen LogP) is 1.97. The molecule has 0 aliphatic carbocycles. The van der Waals surface area contributed by atoms with Crippen LogP contribution in [0.4, 0.5) is 0 Å². The van der Waals surface area contributed by atoms with E-state index in [1.54, 1.807) is 13.3 Å². The van der Waals surface area contributed by atoms with E-state index in [9.17, 15) is 0 Å². The van der Waals surface area contributed by atoms with Gasteiger partial charge in [-0.3, -0.25) is 10.1 Å². The number of aliphatic imine (C=N–C) groups is 1. The summed E-state index contributed by atoms with van der Waals surface area (Å²) < 4.78 is 5.31. The van der Waals surface area contributed by atoms with Crippen LogP contribution in [0.15, 0.2) is 58.4 Å². The summed E-state index contributed by atoms with van der Waals surface area (Å²) in [6.07, 6.45) is 4.00. The molecule has 7 heteroatoms. The maximum atomic E-state index is 5.31. The minimum atomic E-state index is 0.669. The quantitative estimate of drug-likeness (QED) is 0.476. The molecule has 0 atom stereocenters. The molecule has 3 aromatic rings. The van der Waals surface area contributed by atoms with Gasteiger partial charge in [0.25, 0.3) is 0 Å². The third-order valence-electron chi connectivity index (χ3n) is 3.54. The molecule has 2 heterocycles. The van der Waals surface area contributed by atoms with Crippen LogP contribution in [0.1, 0.15) is 11.3 Å². The Bertz CT molecular complexity index is 764. The zero-order valence-electron chi connectivity index (χ0n) is 13.5. The third-order valence-corrected chi connectivity index (χ3v) is 3.54. The van der Waals surface area contributed by atoms with Gasteiger partial charge in [-0.1, -0.05) is 18.2 Å². The molecule has 0 spiro atoms. The molecule has 0 bridgehead atoms. The second-order valence-electron chi connectivity index (χ2n) is 5.22. The van der Waals surface area contributed by atoms with E-state index in [1.807, 2.05) is 24.3 Å². The molecule has 24 heavy (non-hydrogen) atoms. The number of hydrogen-bond donors (Lipinski definition) is 3. The van der Waals surface area contributed by atoms with Crippen molar-refractivity contribution in [3.05, 3.63) is 60.3 Å². The van der Waals surface area contributed by atoms with Crippen molar-refractivity contribution in [2.45, 2.75) is 13.0 Å². The number of guanidine groups is 1. The predicted molar refractivity (Wildman–Crippen MR) is 92.4 cm³/mol. The minimum Gasteiger partial charge on any atom is -0.469 e. The molecule has 0 fully saturated rings. The number of hydrogen-bond acceptors (Lipinski definition) is 4. The van der Waals surface area contributed by atoms with E-state index < -0.39 is 0 Å². The molecular formula is C17H20N6O. The highest BCUT2D eigenvalue weighted by Gasteiger charge is 2.03. The van der Waals surface area contributed by atoms with Crippen LogP contribution in [0.5, 0.6) is 0 Å². The normalized spacial score (nSPS) is 11.5. The summed E-state index contributed by atoms with van der Waals surface area (Å²) in [4.78, 5) is 8.40. The van der Waals surface area contributed by atoms with Crippen LogP contribution in [0.2, 0.25) is 0 Å². The lowest BCUT2D eigenvalue weighted by atomic mass is 10.1. The van der Waals surface area contributed by atoms with Crippen molar-refractivity contribution >= 4 is 5.96 Å². The van der Waals surface area contributed by atoms with E-state index >= 15 is 0 Å². The number of rotatable bonds is 6. The first-order valence-electron chi connectivity index (χ1n) is 7.77. The second-order valence-corrected chi connectivity index (χ2v) is 5.22. The van der Waals surface area contributed by atoms with Gasteiger partial charge in [0.1, 0.15) is 12.1 Å². The van der Waals surface area contributed by atoms with Crippen molar-refractivity contribution in [2.75, 3.05) is 13.6 Å². The summed E-state index contributed by atoms with van der Waals surface area (Å²) in [5.41, 5.74) is 2.14. The molecular weight excluding hydrogens is 304 g/mol. The van der Waals surface area contributed by atoms with Gasteiger partial charge in [-0.25, -0.2) is 4.98 Å². The number of H-pyrrole nitrogens is 1. The number of benzene rings is 1. The van der Waals surface area contributed by atoms with Gasteiger partial charge >= 0.3 is 0 Å². The summed E-state index contributed by atoms with van der Waals surface area (Å²) in [5, 5.41) is 13.3. The molecule has 0 amide bonds. The average molecular weight is 324 g/mol. The Kier molecular flexibility index (Phi) is 5.24. The fourth-order valence-electron chi connectivity index (χ4n) is 2.34. The molecule has 0 saturated carbocycles. The Hall–Kier alpha value is -3.09. The van der Waals surface area contributed by atoms with Crippen LogP contribution in [0.3, 0.4) is 0 Å². The fraction of sp³-hybridized carbons (Fsp3) is 0.235. The van der Waals surface area contributed by atoms with E-state index in [4.69, 9.17) is 4.42 Å². The second kappa shape index (κ2) is 7.96. The van der Waals surface area contributed by atoms with E-state index in [-0.39, 0.29) is 0 Å². The van der Waals surface area contributed by atoms with Gasteiger partial charge in [0.05, 0.1) is 6.26 Å². The maximum Gasteiger partial charge on any atom is 0.191 e.